The highest BCUT2D eigenvalue weighted by atomic mass is 16.5. The van der Waals surface area contributed by atoms with E-state index in [0.29, 0.717) is 18.5 Å². The van der Waals surface area contributed by atoms with Crippen LogP contribution >= 0.6 is 0 Å². The molecule has 1 heterocycles. The van der Waals surface area contributed by atoms with Crippen LogP contribution in [-0.2, 0) is 23.1 Å². The molecule has 1 rings (SSSR count). The summed E-state index contributed by atoms with van der Waals surface area (Å²) in [6.07, 6.45) is 4.55. The van der Waals surface area contributed by atoms with Crippen molar-refractivity contribution in [2.45, 2.75) is 26.8 Å². The molecule has 100 valence electrons. The van der Waals surface area contributed by atoms with E-state index >= 15 is 0 Å². The molecule has 0 fully saturated rings. The van der Waals surface area contributed by atoms with E-state index in [2.05, 4.69) is 10.4 Å². The summed E-state index contributed by atoms with van der Waals surface area (Å²) in [5.41, 5.74) is 2.90. The minimum absolute atomic E-state index is 0.253. The number of methoxy groups -OCH3 is 1. The number of nitrogens with zero attached hydrogens (tertiary/aromatic N) is 2. The van der Waals surface area contributed by atoms with Crippen LogP contribution in [0.5, 0.6) is 0 Å². The first-order chi connectivity index (χ1) is 8.58. The van der Waals surface area contributed by atoms with Gasteiger partial charge in [0.15, 0.2) is 0 Å². The van der Waals surface area contributed by atoms with Gasteiger partial charge in [0, 0.05) is 37.5 Å². The van der Waals surface area contributed by atoms with Gasteiger partial charge in [-0.15, -0.1) is 0 Å². The van der Waals surface area contributed by atoms with E-state index in [1.165, 1.54) is 12.7 Å². The van der Waals surface area contributed by atoms with Crippen molar-refractivity contribution in [3.05, 3.63) is 29.1 Å². The van der Waals surface area contributed by atoms with E-state index in [4.69, 9.17) is 4.74 Å². The topological polar surface area (TPSA) is 56.2 Å². The lowest BCUT2D eigenvalue weighted by Crippen LogP contribution is -2.15. The molecule has 0 aliphatic carbocycles. The van der Waals surface area contributed by atoms with Gasteiger partial charge in [0.05, 0.1) is 12.8 Å². The second kappa shape index (κ2) is 6.96. The zero-order chi connectivity index (χ0) is 13.5. The van der Waals surface area contributed by atoms with Crippen molar-refractivity contribution in [2.24, 2.45) is 7.05 Å². The molecule has 0 aromatic carbocycles. The minimum atomic E-state index is -0.253. The second-order valence-electron chi connectivity index (χ2n) is 4.12. The molecule has 0 spiro atoms. The van der Waals surface area contributed by atoms with Gasteiger partial charge in [-0.05, 0) is 13.3 Å². The molecule has 5 nitrogen and oxygen atoms in total. The molecule has 0 bridgehead atoms. The number of hydrogen-bond donors (Lipinski definition) is 1. The highest BCUT2D eigenvalue weighted by Crippen LogP contribution is 2.04. The summed E-state index contributed by atoms with van der Waals surface area (Å²) in [7, 11) is 3.31. The number of aryl methyl sites for hydroxylation is 2. The number of aromatic nitrogens is 2. The molecule has 0 aliphatic rings. The Hall–Kier alpha value is -1.62. The molecule has 0 atom stereocenters. The standard InChI is InChI=1S/C13H21N3O2/c1-5-11(13(17)18-4)6-7-14-8-12-9-16(3)15-10(12)2/h6,9,14H,5,7-8H2,1-4H3. The SMILES string of the molecule is CCC(=CCNCc1cn(C)nc1C)C(=O)OC. The molecule has 0 aliphatic heterocycles. The van der Waals surface area contributed by atoms with Gasteiger partial charge in [0.1, 0.15) is 0 Å². The monoisotopic (exact) mass is 251 g/mol. The van der Waals surface area contributed by atoms with E-state index in [0.717, 1.165) is 12.2 Å². The normalized spacial score (nSPS) is 11.7. The lowest BCUT2D eigenvalue weighted by molar-refractivity contribution is -0.136. The highest BCUT2D eigenvalue weighted by molar-refractivity contribution is 5.88. The lowest BCUT2D eigenvalue weighted by Gasteiger charge is -2.03. The predicted molar refractivity (Wildman–Crippen MR) is 70.0 cm³/mol. The molecular formula is C13H21N3O2. The minimum Gasteiger partial charge on any atom is -0.466 e. The Morgan fingerprint density at radius 3 is 2.83 bits per heavy atom. The van der Waals surface area contributed by atoms with Crippen molar-refractivity contribution in [1.29, 1.82) is 0 Å². The van der Waals surface area contributed by atoms with Crippen LogP contribution in [0.1, 0.15) is 24.6 Å². The lowest BCUT2D eigenvalue weighted by atomic mass is 10.2. The molecule has 0 saturated carbocycles. The van der Waals surface area contributed by atoms with Crippen LogP contribution in [0.4, 0.5) is 0 Å². The maximum atomic E-state index is 11.3. The van der Waals surface area contributed by atoms with Crippen LogP contribution in [0.15, 0.2) is 17.8 Å². The summed E-state index contributed by atoms with van der Waals surface area (Å²) in [5.74, 6) is -0.253. The number of ether oxygens (including phenoxy) is 1. The molecule has 18 heavy (non-hydrogen) atoms. The number of carbonyl (C=O) groups excluding carboxylic acids is 1. The Morgan fingerprint density at radius 1 is 1.61 bits per heavy atom. The summed E-state index contributed by atoms with van der Waals surface area (Å²) in [5, 5.41) is 7.53. The summed E-state index contributed by atoms with van der Waals surface area (Å²) >= 11 is 0. The quantitative estimate of drug-likeness (QED) is 0.471. The summed E-state index contributed by atoms with van der Waals surface area (Å²) in [4.78, 5) is 11.3. The zero-order valence-corrected chi connectivity index (χ0v) is 11.5. The van der Waals surface area contributed by atoms with Gasteiger partial charge in [0.25, 0.3) is 0 Å². The fourth-order valence-electron chi connectivity index (χ4n) is 1.73. The number of nitrogens with one attached hydrogen (secondary N) is 1. The van der Waals surface area contributed by atoms with Crippen molar-refractivity contribution in [3.63, 3.8) is 0 Å². The van der Waals surface area contributed by atoms with Crippen LogP contribution in [0.2, 0.25) is 0 Å². The van der Waals surface area contributed by atoms with E-state index in [1.54, 1.807) is 4.68 Å². The van der Waals surface area contributed by atoms with Gasteiger partial charge < -0.3 is 10.1 Å². The highest BCUT2D eigenvalue weighted by Gasteiger charge is 2.06. The third kappa shape index (κ3) is 4.00. The Balaban J connectivity index is 2.44. The molecule has 0 saturated heterocycles. The molecule has 0 radical (unpaired) electrons. The van der Waals surface area contributed by atoms with E-state index in [1.807, 2.05) is 33.2 Å². The van der Waals surface area contributed by atoms with Gasteiger partial charge in [-0.25, -0.2) is 4.79 Å². The van der Waals surface area contributed by atoms with Gasteiger partial charge >= 0.3 is 5.97 Å². The Morgan fingerprint density at radius 2 is 2.33 bits per heavy atom. The summed E-state index contributed by atoms with van der Waals surface area (Å²) in [6, 6.07) is 0. The zero-order valence-electron chi connectivity index (χ0n) is 11.5. The van der Waals surface area contributed by atoms with E-state index in [-0.39, 0.29) is 5.97 Å². The summed E-state index contributed by atoms with van der Waals surface area (Å²) < 4.78 is 6.49. The van der Waals surface area contributed by atoms with Crippen molar-refractivity contribution in [3.8, 4) is 0 Å². The maximum absolute atomic E-state index is 11.3. The molecule has 1 N–H and O–H groups in total. The van der Waals surface area contributed by atoms with Crippen LogP contribution in [0.3, 0.4) is 0 Å². The number of esters is 1. The number of rotatable bonds is 6. The largest absolute Gasteiger partial charge is 0.466 e. The molecule has 0 amide bonds. The third-order valence-electron chi connectivity index (χ3n) is 2.75. The Kier molecular flexibility index (Phi) is 5.58. The van der Waals surface area contributed by atoms with Crippen molar-refractivity contribution in [1.82, 2.24) is 15.1 Å². The summed E-state index contributed by atoms with van der Waals surface area (Å²) in [6.45, 7) is 5.31. The van der Waals surface area contributed by atoms with Crippen LogP contribution in [0, 0.1) is 6.92 Å². The van der Waals surface area contributed by atoms with E-state index < -0.39 is 0 Å². The molecule has 5 heteroatoms. The fourth-order valence-corrected chi connectivity index (χ4v) is 1.73. The van der Waals surface area contributed by atoms with Crippen molar-refractivity contribution in [2.75, 3.05) is 13.7 Å². The fraction of sp³-hybridized carbons (Fsp3) is 0.538. The molecular weight excluding hydrogens is 230 g/mol. The smallest absolute Gasteiger partial charge is 0.333 e. The van der Waals surface area contributed by atoms with Crippen LogP contribution in [-0.4, -0.2) is 29.4 Å². The molecule has 0 unspecified atom stereocenters. The first kappa shape index (κ1) is 14.4. The van der Waals surface area contributed by atoms with E-state index in [9.17, 15) is 4.79 Å². The van der Waals surface area contributed by atoms with Crippen LogP contribution < -0.4 is 5.32 Å². The number of hydrogen-bond acceptors (Lipinski definition) is 4. The molecule has 1 aromatic rings. The van der Waals surface area contributed by atoms with Crippen LogP contribution in [0.25, 0.3) is 0 Å². The second-order valence-corrected chi connectivity index (χ2v) is 4.12. The third-order valence-corrected chi connectivity index (χ3v) is 2.75. The van der Waals surface area contributed by atoms with Crippen molar-refractivity contribution >= 4 is 5.97 Å². The predicted octanol–water partition coefficient (Wildman–Crippen LogP) is 1.33. The first-order valence-corrected chi connectivity index (χ1v) is 6.05. The van der Waals surface area contributed by atoms with Crippen molar-refractivity contribution < 1.29 is 9.53 Å². The van der Waals surface area contributed by atoms with Gasteiger partial charge in [-0.2, -0.15) is 5.10 Å². The van der Waals surface area contributed by atoms with Gasteiger partial charge in [-0.1, -0.05) is 13.0 Å². The average molecular weight is 251 g/mol. The Bertz CT molecular complexity index is 435. The Labute approximate surface area is 108 Å². The van der Waals surface area contributed by atoms with Gasteiger partial charge in [-0.3, -0.25) is 4.68 Å². The molecule has 1 aromatic heterocycles. The number of carbonyl (C=O) groups is 1. The van der Waals surface area contributed by atoms with Gasteiger partial charge in [0.2, 0.25) is 0 Å². The first-order valence-electron chi connectivity index (χ1n) is 6.05. The average Bonchev–Trinajstić information content (AvgIpc) is 2.67. The maximum Gasteiger partial charge on any atom is 0.333 e.